The molecule has 2 aliphatic rings. The van der Waals surface area contributed by atoms with Crippen LogP contribution in [-0.4, -0.2) is 52.5 Å². The molecule has 106 valence electrons. The molecule has 20 heavy (non-hydrogen) atoms. The molecule has 1 unspecified atom stereocenters. The van der Waals surface area contributed by atoms with E-state index in [4.69, 9.17) is 0 Å². The van der Waals surface area contributed by atoms with Crippen molar-refractivity contribution in [1.82, 2.24) is 9.80 Å². The molecule has 0 saturated carbocycles. The molecule has 3 rings (SSSR count). The molecule has 0 radical (unpaired) electrons. The summed E-state index contributed by atoms with van der Waals surface area (Å²) in [6, 6.07) is 9.79. The van der Waals surface area contributed by atoms with E-state index >= 15 is 0 Å². The second-order valence-corrected chi connectivity index (χ2v) is 5.56. The Balaban J connectivity index is 1.59. The van der Waals surface area contributed by atoms with Gasteiger partial charge < -0.3 is 14.9 Å². The molecule has 1 aromatic carbocycles. The average Bonchev–Trinajstić information content (AvgIpc) is 2.77. The highest BCUT2D eigenvalue weighted by atomic mass is 16.3. The number of amides is 2. The van der Waals surface area contributed by atoms with Gasteiger partial charge in [-0.05, 0) is 5.56 Å². The highest BCUT2D eigenvalue weighted by Crippen LogP contribution is 2.24. The van der Waals surface area contributed by atoms with Crippen molar-refractivity contribution in [3.05, 3.63) is 35.9 Å². The van der Waals surface area contributed by atoms with E-state index in [2.05, 4.69) is 0 Å². The van der Waals surface area contributed by atoms with E-state index in [1.807, 2.05) is 30.3 Å². The van der Waals surface area contributed by atoms with E-state index in [0.717, 1.165) is 5.56 Å². The summed E-state index contributed by atoms with van der Waals surface area (Å²) < 4.78 is 0. The van der Waals surface area contributed by atoms with Gasteiger partial charge in [0.2, 0.25) is 11.8 Å². The van der Waals surface area contributed by atoms with Crippen molar-refractivity contribution in [1.29, 1.82) is 0 Å². The summed E-state index contributed by atoms with van der Waals surface area (Å²) in [6.45, 7) is 1.86. The summed E-state index contributed by atoms with van der Waals surface area (Å²) in [5, 5.41) is 9.24. The van der Waals surface area contributed by atoms with Gasteiger partial charge in [0.25, 0.3) is 0 Å². The zero-order valence-electron chi connectivity index (χ0n) is 11.2. The summed E-state index contributed by atoms with van der Waals surface area (Å²) in [5.74, 6) is -0.216. The molecule has 5 heteroatoms. The third-order valence-electron chi connectivity index (χ3n) is 3.95. The van der Waals surface area contributed by atoms with Crippen LogP contribution in [0.3, 0.4) is 0 Å². The first-order chi connectivity index (χ1) is 9.63. The van der Waals surface area contributed by atoms with Crippen LogP contribution in [0.15, 0.2) is 30.3 Å². The summed E-state index contributed by atoms with van der Waals surface area (Å²) in [6.07, 6.45) is -0.102. The number of benzene rings is 1. The number of carbonyl (C=O) groups is 2. The highest BCUT2D eigenvalue weighted by Gasteiger charge is 2.39. The van der Waals surface area contributed by atoms with Crippen LogP contribution in [0.4, 0.5) is 0 Å². The Morgan fingerprint density at radius 2 is 1.90 bits per heavy atom. The van der Waals surface area contributed by atoms with Crippen LogP contribution < -0.4 is 0 Å². The van der Waals surface area contributed by atoms with Crippen LogP contribution in [0.2, 0.25) is 0 Å². The molecular formula is C15H18N2O3. The Hall–Kier alpha value is -1.88. The quantitative estimate of drug-likeness (QED) is 0.859. The number of rotatable bonds is 3. The van der Waals surface area contributed by atoms with Crippen LogP contribution in [0, 0.1) is 5.92 Å². The van der Waals surface area contributed by atoms with Crippen LogP contribution in [-0.2, 0) is 16.1 Å². The molecule has 0 aromatic heterocycles. The Morgan fingerprint density at radius 1 is 1.20 bits per heavy atom. The summed E-state index contributed by atoms with van der Waals surface area (Å²) >= 11 is 0. The lowest BCUT2D eigenvalue weighted by molar-refractivity contribution is -0.145. The van der Waals surface area contributed by atoms with E-state index < -0.39 is 6.10 Å². The molecule has 2 fully saturated rings. The SMILES string of the molecule is O=C1CC(C(=O)N2CC(O)C2)CN1Cc1ccccc1. The summed E-state index contributed by atoms with van der Waals surface area (Å²) in [7, 11) is 0. The third kappa shape index (κ3) is 2.54. The summed E-state index contributed by atoms with van der Waals surface area (Å²) in [4.78, 5) is 27.5. The van der Waals surface area contributed by atoms with Crippen molar-refractivity contribution in [2.24, 2.45) is 5.92 Å². The maximum atomic E-state index is 12.2. The zero-order chi connectivity index (χ0) is 14.1. The van der Waals surface area contributed by atoms with Gasteiger partial charge in [-0.3, -0.25) is 9.59 Å². The molecule has 2 aliphatic heterocycles. The maximum Gasteiger partial charge on any atom is 0.228 e. The fourth-order valence-electron chi connectivity index (χ4n) is 2.79. The second kappa shape index (κ2) is 5.25. The van der Waals surface area contributed by atoms with Crippen molar-refractivity contribution >= 4 is 11.8 Å². The molecule has 1 aromatic rings. The molecule has 0 aliphatic carbocycles. The predicted molar refractivity (Wildman–Crippen MR) is 72.6 cm³/mol. The van der Waals surface area contributed by atoms with Crippen LogP contribution in [0.1, 0.15) is 12.0 Å². The van der Waals surface area contributed by atoms with E-state index in [0.29, 0.717) is 26.2 Å². The number of aliphatic hydroxyl groups excluding tert-OH is 1. The molecular weight excluding hydrogens is 256 g/mol. The van der Waals surface area contributed by atoms with Crippen molar-refractivity contribution in [3.63, 3.8) is 0 Å². The molecule has 2 heterocycles. The van der Waals surface area contributed by atoms with Gasteiger partial charge in [-0.2, -0.15) is 0 Å². The van der Waals surface area contributed by atoms with Crippen molar-refractivity contribution in [2.75, 3.05) is 19.6 Å². The van der Waals surface area contributed by atoms with Gasteiger partial charge in [0.05, 0.1) is 12.0 Å². The molecule has 0 bridgehead atoms. The first kappa shape index (κ1) is 13.1. The first-order valence-corrected chi connectivity index (χ1v) is 6.92. The molecule has 2 amide bonds. The molecule has 5 nitrogen and oxygen atoms in total. The standard InChI is InChI=1S/C15H18N2O3/c18-13-9-17(10-13)15(20)12-6-14(19)16(8-12)7-11-4-2-1-3-5-11/h1-5,12-13,18H,6-10H2. The summed E-state index contributed by atoms with van der Waals surface area (Å²) in [5.41, 5.74) is 1.08. The fourth-order valence-corrected chi connectivity index (χ4v) is 2.79. The smallest absolute Gasteiger partial charge is 0.228 e. The lowest BCUT2D eigenvalue weighted by Crippen LogP contribution is -2.55. The van der Waals surface area contributed by atoms with E-state index in [1.54, 1.807) is 9.80 Å². The first-order valence-electron chi connectivity index (χ1n) is 6.92. The second-order valence-electron chi connectivity index (χ2n) is 5.56. The largest absolute Gasteiger partial charge is 0.389 e. The van der Waals surface area contributed by atoms with Gasteiger partial charge in [0.15, 0.2) is 0 Å². The number of aliphatic hydroxyl groups is 1. The minimum atomic E-state index is -0.392. The van der Waals surface area contributed by atoms with Crippen molar-refractivity contribution in [2.45, 2.75) is 19.1 Å². The maximum absolute atomic E-state index is 12.2. The van der Waals surface area contributed by atoms with Crippen LogP contribution in [0.5, 0.6) is 0 Å². The van der Waals surface area contributed by atoms with Gasteiger partial charge in [0, 0.05) is 32.6 Å². The van der Waals surface area contributed by atoms with E-state index in [-0.39, 0.29) is 24.2 Å². The molecule has 1 N–H and O–H groups in total. The van der Waals surface area contributed by atoms with Crippen molar-refractivity contribution in [3.8, 4) is 0 Å². The molecule has 0 spiro atoms. The number of nitrogens with zero attached hydrogens (tertiary/aromatic N) is 2. The third-order valence-corrected chi connectivity index (χ3v) is 3.95. The Labute approximate surface area is 117 Å². The lowest BCUT2D eigenvalue weighted by Gasteiger charge is -2.37. The van der Waals surface area contributed by atoms with E-state index in [1.165, 1.54) is 0 Å². The number of carbonyl (C=O) groups excluding carboxylic acids is 2. The van der Waals surface area contributed by atoms with Crippen molar-refractivity contribution < 1.29 is 14.7 Å². The van der Waals surface area contributed by atoms with Gasteiger partial charge >= 0.3 is 0 Å². The number of hydrogen-bond acceptors (Lipinski definition) is 3. The number of β-amino-alcohol motifs (C(OH)–C–C–N with tert-alkyl or cyclic N) is 1. The minimum Gasteiger partial charge on any atom is -0.389 e. The lowest BCUT2D eigenvalue weighted by atomic mass is 10.0. The predicted octanol–water partition coefficient (Wildman–Crippen LogP) is 0.238. The normalized spacial score (nSPS) is 23.1. The zero-order valence-corrected chi connectivity index (χ0v) is 11.2. The van der Waals surface area contributed by atoms with Gasteiger partial charge in [-0.1, -0.05) is 30.3 Å². The van der Waals surface area contributed by atoms with Crippen LogP contribution in [0.25, 0.3) is 0 Å². The topological polar surface area (TPSA) is 60.9 Å². The Bertz CT molecular complexity index is 511. The number of hydrogen-bond donors (Lipinski definition) is 1. The van der Waals surface area contributed by atoms with Crippen LogP contribution >= 0.6 is 0 Å². The fraction of sp³-hybridized carbons (Fsp3) is 0.467. The average molecular weight is 274 g/mol. The van der Waals surface area contributed by atoms with Gasteiger partial charge in [-0.15, -0.1) is 0 Å². The van der Waals surface area contributed by atoms with E-state index in [9.17, 15) is 14.7 Å². The molecule has 2 saturated heterocycles. The highest BCUT2D eigenvalue weighted by molar-refractivity contribution is 5.89. The Kier molecular flexibility index (Phi) is 3.44. The molecule has 1 atom stereocenters. The monoisotopic (exact) mass is 274 g/mol. The Morgan fingerprint density at radius 3 is 2.55 bits per heavy atom. The van der Waals surface area contributed by atoms with Gasteiger partial charge in [0.1, 0.15) is 0 Å². The minimum absolute atomic E-state index is 0.000730. The number of likely N-dealkylation sites (tertiary alicyclic amines) is 2. The van der Waals surface area contributed by atoms with Gasteiger partial charge in [-0.25, -0.2) is 0 Å².